The van der Waals surface area contributed by atoms with Crippen molar-refractivity contribution in [1.82, 2.24) is 5.32 Å². The normalized spacial score (nSPS) is 12.0. The lowest BCUT2D eigenvalue weighted by Gasteiger charge is -2.24. The lowest BCUT2D eigenvalue weighted by atomic mass is 10.2. The highest BCUT2D eigenvalue weighted by atomic mass is 28.4. The van der Waals surface area contributed by atoms with Crippen molar-refractivity contribution in [1.29, 1.82) is 0 Å². The second kappa shape index (κ2) is 10.2. The Bertz CT molecular complexity index is 149. The monoisotopic (exact) mass is 250 g/mol. The third-order valence-corrected chi connectivity index (χ3v) is 5.33. The van der Waals surface area contributed by atoms with Crippen molar-refractivity contribution in [2.45, 2.75) is 25.3 Å². The maximum Gasteiger partial charge on any atom is 0.501 e. The topological polar surface area (TPSA) is 65.7 Å². The van der Waals surface area contributed by atoms with Crippen molar-refractivity contribution in [3.05, 3.63) is 0 Å². The highest BCUT2D eigenvalue weighted by Crippen LogP contribution is 2.10. The van der Waals surface area contributed by atoms with Crippen LogP contribution in [-0.4, -0.2) is 49.8 Å². The van der Waals surface area contributed by atoms with E-state index in [2.05, 4.69) is 5.32 Å². The number of rotatable bonds is 11. The van der Waals surface area contributed by atoms with Gasteiger partial charge in [0, 0.05) is 27.4 Å². The minimum absolute atomic E-state index is 0.785. The molecule has 16 heavy (non-hydrogen) atoms. The van der Waals surface area contributed by atoms with Crippen molar-refractivity contribution in [3.63, 3.8) is 0 Å². The molecule has 5 nitrogen and oxygen atoms in total. The van der Waals surface area contributed by atoms with Crippen molar-refractivity contribution in [2.75, 3.05) is 41.0 Å². The summed E-state index contributed by atoms with van der Waals surface area (Å²) in [5.74, 6) is 0. The first-order valence-corrected chi connectivity index (χ1v) is 7.74. The first-order chi connectivity index (χ1) is 7.74. The van der Waals surface area contributed by atoms with E-state index in [-0.39, 0.29) is 0 Å². The summed E-state index contributed by atoms with van der Waals surface area (Å²) >= 11 is 0. The van der Waals surface area contributed by atoms with Gasteiger partial charge in [-0.1, -0.05) is 6.42 Å². The van der Waals surface area contributed by atoms with Crippen LogP contribution in [0.2, 0.25) is 6.04 Å². The van der Waals surface area contributed by atoms with Gasteiger partial charge in [-0.2, -0.15) is 0 Å². The Balaban J connectivity index is 3.48. The van der Waals surface area contributed by atoms with Gasteiger partial charge in [-0.25, -0.2) is 0 Å². The third kappa shape index (κ3) is 6.57. The third-order valence-electron chi connectivity index (χ3n) is 2.60. The van der Waals surface area contributed by atoms with Crippen LogP contribution in [0.5, 0.6) is 0 Å². The van der Waals surface area contributed by atoms with E-state index in [0.29, 0.717) is 0 Å². The van der Waals surface area contributed by atoms with Gasteiger partial charge in [0.15, 0.2) is 0 Å². The molecule has 98 valence electrons. The molecule has 0 aliphatic rings. The fraction of sp³-hybridized carbons (Fsp3) is 1.00. The van der Waals surface area contributed by atoms with Crippen molar-refractivity contribution in [3.8, 4) is 0 Å². The first-order valence-electron chi connectivity index (χ1n) is 5.81. The molecule has 0 rings (SSSR count). The number of hydrogen-bond donors (Lipinski definition) is 2. The minimum atomic E-state index is -2.38. The fourth-order valence-electron chi connectivity index (χ4n) is 1.49. The molecule has 0 amide bonds. The van der Waals surface area contributed by atoms with E-state index in [9.17, 15) is 0 Å². The molecule has 0 aliphatic heterocycles. The summed E-state index contributed by atoms with van der Waals surface area (Å²) in [6.07, 6.45) is 3.46. The lowest BCUT2D eigenvalue weighted by molar-refractivity contribution is 0.123. The van der Waals surface area contributed by atoms with Gasteiger partial charge >= 0.3 is 8.80 Å². The molecule has 0 aromatic heterocycles. The van der Waals surface area contributed by atoms with E-state index in [0.717, 1.165) is 32.1 Å². The van der Waals surface area contributed by atoms with E-state index in [1.54, 1.807) is 21.3 Å². The maximum atomic E-state index is 5.42. The van der Waals surface area contributed by atoms with Crippen LogP contribution >= 0.6 is 0 Å². The molecule has 3 N–H and O–H groups in total. The molecule has 0 saturated heterocycles. The molecule has 0 aromatic carbocycles. The Morgan fingerprint density at radius 3 is 2.06 bits per heavy atom. The smallest absolute Gasteiger partial charge is 0.377 e. The zero-order chi connectivity index (χ0) is 12.3. The molecule has 0 fully saturated rings. The zero-order valence-corrected chi connectivity index (χ0v) is 11.8. The van der Waals surface area contributed by atoms with Gasteiger partial charge in [-0.3, -0.25) is 0 Å². The molecule has 0 aliphatic carbocycles. The van der Waals surface area contributed by atoms with Gasteiger partial charge in [-0.05, 0) is 32.5 Å². The van der Waals surface area contributed by atoms with Gasteiger partial charge < -0.3 is 24.3 Å². The molecule has 0 heterocycles. The van der Waals surface area contributed by atoms with E-state index >= 15 is 0 Å². The van der Waals surface area contributed by atoms with Crippen LogP contribution in [0.1, 0.15) is 19.3 Å². The molecular formula is C10H26N2O3Si. The van der Waals surface area contributed by atoms with Gasteiger partial charge in [0.05, 0.1) is 0 Å². The number of unbranched alkanes of at least 4 members (excludes halogenated alkanes) is 2. The maximum absolute atomic E-state index is 5.42. The van der Waals surface area contributed by atoms with E-state index in [4.69, 9.17) is 19.0 Å². The van der Waals surface area contributed by atoms with E-state index in [1.807, 2.05) is 0 Å². The molecule has 6 heteroatoms. The van der Waals surface area contributed by atoms with Crippen LogP contribution in [0.15, 0.2) is 0 Å². The molecular weight excluding hydrogens is 224 g/mol. The summed E-state index contributed by atoms with van der Waals surface area (Å²) < 4.78 is 16.0. The lowest BCUT2D eigenvalue weighted by Crippen LogP contribution is -2.45. The molecule has 0 saturated carbocycles. The Morgan fingerprint density at radius 1 is 0.938 bits per heavy atom. The summed E-state index contributed by atoms with van der Waals surface area (Å²) in [6.45, 7) is 2.67. The summed E-state index contributed by atoms with van der Waals surface area (Å²) in [4.78, 5) is 0. The van der Waals surface area contributed by atoms with Crippen LogP contribution in [0.3, 0.4) is 0 Å². The number of nitrogens with one attached hydrogen (secondary N) is 1. The second-order valence-corrected chi connectivity index (χ2v) is 6.74. The number of hydrogen-bond acceptors (Lipinski definition) is 5. The highest BCUT2D eigenvalue weighted by molar-refractivity contribution is 6.60. The zero-order valence-electron chi connectivity index (χ0n) is 10.8. The van der Waals surface area contributed by atoms with Gasteiger partial charge in [0.1, 0.15) is 0 Å². The predicted octanol–water partition coefficient (Wildman–Crippen LogP) is 0.583. The Labute approximate surface area is 100 Å². The van der Waals surface area contributed by atoms with E-state index < -0.39 is 8.80 Å². The van der Waals surface area contributed by atoms with Crippen molar-refractivity contribution >= 4 is 8.80 Å². The van der Waals surface area contributed by atoms with Crippen LogP contribution < -0.4 is 11.1 Å². The molecule has 0 unspecified atom stereocenters. The molecule has 0 bridgehead atoms. The SMILES string of the molecule is CO[Si](CCNCCCCCN)(OC)OC. The Hall–Kier alpha value is 0.0169. The summed E-state index contributed by atoms with van der Waals surface area (Å²) in [5.41, 5.74) is 5.42. The average molecular weight is 250 g/mol. The van der Waals surface area contributed by atoms with Crippen molar-refractivity contribution < 1.29 is 13.3 Å². The summed E-state index contributed by atoms with van der Waals surface area (Å²) in [6, 6.07) is 0.799. The largest absolute Gasteiger partial charge is 0.501 e. The predicted molar refractivity (Wildman–Crippen MR) is 67.4 cm³/mol. The van der Waals surface area contributed by atoms with Gasteiger partial charge in [0.25, 0.3) is 0 Å². The average Bonchev–Trinajstić information content (AvgIpc) is 2.34. The van der Waals surface area contributed by atoms with Crippen LogP contribution in [0.4, 0.5) is 0 Å². The standard InChI is InChI=1S/C10H26N2O3Si/c1-13-16(14-2,15-3)10-9-12-8-6-4-5-7-11/h12H,4-11H2,1-3H3. The first kappa shape index (κ1) is 16.0. The van der Waals surface area contributed by atoms with Crippen molar-refractivity contribution in [2.24, 2.45) is 5.73 Å². The molecule has 0 atom stereocenters. The van der Waals surface area contributed by atoms with Gasteiger partial charge in [-0.15, -0.1) is 0 Å². The summed E-state index contributed by atoms with van der Waals surface area (Å²) in [7, 11) is 2.54. The number of nitrogens with two attached hydrogens (primary N) is 1. The van der Waals surface area contributed by atoms with E-state index in [1.165, 1.54) is 12.8 Å². The fourth-order valence-corrected chi connectivity index (χ4v) is 3.09. The second-order valence-electron chi connectivity index (χ2n) is 3.64. The Morgan fingerprint density at radius 2 is 1.56 bits per heavy atom. The molecule has 0 radical (unpaired) electrons. The highest BCUT2D eigenvalue weighted by Gasteiger charge is 2.36. The minimum Gasteiger partial charge on any atom is -0.377 e. The molecule has 0 spiro atoms. The van der Waals surface area contributed by atoms with Crippen LogP contribution in [0, 0.1) is 0 Å². The Kier molecular flexibility index (Phi) is 10.2. The molecule has 0 aromatic rings. The van der Waals surface area contributed by atoms with Gasteiger partial charge in [0.2, 0.25) is 0 Å². The van der Waals surface area contributed by atoms with Crippen LogP contribution in [-0.2, 0) is 13.3 Å². The van der Waals surface area contributed by atoms with Crippen LogP contribution in [0.25, 0.3) is 0 Å². The quantitative estimate of drug-likeness (QED) is 0.415. The summed E-state index contributed by atoms with van der Waals surface area (Å²) in [5, 5.41) is 3.36.